The molecule has 1 aromatic heterocycles. The summed E-state index contributed by atoms with van der Waals surface area (Å²) in [5, 5.41) is 7.86. The predicted octanol–water partition coefficient (Wildman–Crippen LogP) is 1.36. The van der Waals surface area contributed by atoms with Crippen LogP contribution in [0, 0.1) is 0 Å². The van der Waals surface area contributed by atoms with Crippen molar-refractivity contribution in [3.05, 3.63) is 9.47 Å². The van der Waals surface area contributed by atoms with Crippen LogP contribution in [0.1, 0.15) is 23.1 Å². The smallest absolute Gasteiger partial charge is 0.285 e. The monoisotopic (exact) mass is 274 g/mol. The number of aromatic nitrogens is 2. The van der Waals surface area contributed by atoms with Crippen molar-refractivity contribution in [3.8, 4) is 0 Å². The highest BCUT2D eigenvalue weighted by Crippen LogP contribution is 2.19. The molecule has 1 unspecified atom stereocenters. The molecule has 1 saturated heterocycles. The van der Waals surface area contributed by atoms with E-state index in [9.17, 15) is 4.79 Å². The number of carbonyl (C=O) groups excluding carboxylic acids is 1. The minimum atomic E-state index is -0.0581. The molecule has 1 aliphatic rings. The first-order chi connectivity index (χ1) is 8.08. The SMILES string of the molecule is CC1CN(C)CCCN1C(=O)c1nnc(Cl)s1. The Labute approximate surface area is 109 Å². The number of halogens is 1. The number of hydrogen-bond acceptors (Lipinski definition) is 5. The van der Waals surface area contributed by atoms with Crippen LogP contribution in [-0.4, -0.2) is 58.6 Å². The second kappa shape index (κ2) is 5.29. The van der Waals surface area contributed by atoms with Crippen LogP contribution in [-0.2, 0) is 0 Å². The quantitative estimate of drug-likeness (QED) is 0.776. The van der Waals surface area contributed by atoms with Crippen molar-refractivity contribution >= 4 is 28.8 Å². The second-order valence-corrected chi connectivity index (χ2v) is 5.88. The maximum atomic E-state index is 12.2. The largest absolute Gasteiger partial charge is 0.332 e. The van der Waals surface area contributed by atoms with E-state index in [1.165, 1.54) is 0 Å². The average molecular weight is 275 g/mol. The Morgan fingerprint density at radius 1 is 1.47 bits per heavy atom. The van der Waals surface area contributed by atoms with Crippen LogP contribution in [0.2, 0.25) is 4.47 Å². The van der Waals surface area contributed by atoms with Gasteiger partial charge >= 0.3 is 0 Å². The molecule has 2 rings (SSSR count). The van der Waals surface area contributed by atoms with Gasteiger partial charge in [0.2, 0.25) is 9.47 Å². The molecule has 0 aromatic carbocycles. The van der Waals surface area contributed by atoms with Crippen LogP contribution in [0.5, 0.6) is 0 Å². The summed E-state index contributed by atoms with van der Waals surface area (Å²) in [6.45, 7) is 4.73. The van der Waals surface area contributed by atoms with E-state index in [0.717, 1.165) is 37.4 Å². The number of hydrogen-bond donors (Lipinski definition) is 0. The average Bonchev–Trinajstić information content (AvgIpc) is 2.62. The Hall–Kier alpha value is -0.720. The molecule has 1 aromatic rings. The summed E-state index contributed by atoms with van der Waals surface area (Å²) in [6.07, 6.45) is 0.985. The molecule has 0 N–H and O–H groups in total. The zero-order valence-electron chi connectivity index (χ0n) is 9.89. The van der Waals surface area contributed by atoms with Crippen molar-refractivity contribution in [1.82, 2.24) is 20.0 Å². The third kappa shape index (κ3) is 2.94. The lowest BCUT2D eigenvalue weighted by atomic mass is 10.2. The van der Waals surface area contributed by atoms with E-state index in [4.69, 9.17) is 11.6 Å². The van der Waals surface area contributed by atoms with Gasteiger partial charge in [0.1, 0.15) is 0 Å². The summed E-state index contributed by atoms with van der Waals surface area (Å²) in [5.41, 5.74) is 0. The molecule has 1 amide bonds. The van der Waals surface area contributed by atoms with Crippen LogP contribution in [0.4, 0.5) is 0 Å². The zero-order chi connectivity index (χ0) is 12.4. The van der Waals surface area contributed by atoms with E-state index in [0.29, 0.717) is 9.47 Å². The highest BCUT2D eigenvalue weighted by atomic mass is 35.5. The molecule has 0 radical (unpaired) electrons. The number of likely N-dealkylation sites (N-methyl/N-ethyl adjacent to an activating group) is 1. The van der Waals surface area contributed by atoms with Crippen LogP contribution in [0.3, 0.4) is 0 Å². The van der Waals surface area contributed by atoms with Gasteiger partial charge in [-0.15, -0.1) is 10.2 Å². The van der Waals surface area contributed by atoms with Gasteiger partial charge in [0.25, 0.3) is 5.91 Å². The predicted molar refractivity (Wildman–Crippen MR) is 67.5 cm³/mol. The molecule has 7 heteroatoms. The van der Waals surface area contributed by atoms with Gasteiger partial charge in [0, 0.05) is 19.1 Å². The van der Waals surface area contributed by atoms with E-state index in [-0.39, 0.29) is 11.9 Å². The summed E-state index contributed by atoms with van der Waals surface area (Å²) in [6, 6.07) is 0.192. The van der Waals surface area contributed by atoms with Gasteiger partial charge < -0.3 is 9.80 Å². The normalized spacial score (nSPS) is 22.5. The van der Waals surface area contributed by atoms with Gasteiger partial charge in [-0.1, -0.05) is 11.3 Å². The number of amides is 1. The van der Waals surface area contributed by atoms with E-state index in [1.807, 2.05) is 4.90 Å². The summed E-state index contributed by atoms with van der Waals surface area (Å²) in [7, 11) is 2.08. The van der Waals surface area contributed by atoms with Gasteiger partial charge in [-0.25, -0.2) is 0 Å². The molecule has 0 saturated carbocycles. The molecule has 0 bridgehead atoms. The molecule has 0 aliphatic carbocycles. The lowest BCUT2D eigenvalue weighted by Gasteiger charge is -2.26. The Morgan fingerprint density at radius 2 is 2.24 bits per heavy atom. The molecule has 1 fully saturated rings. The summed E-state index contributed by atoms with van der Waals surface area (Å²) in [4.78, 5) is 16.3. The third-order valence-electron chi connectivity index (χ3n) is 2.89. The van der Waals surface area contributed by atoms with Crippen LogP contribution in [0.25, 0.3) is 0 Å². The Kier molecular flexibility index (Phi) is 3.96. The van der Waals surface area contributed by atoms with Gasteiger partial charge in [-0.2, -0.15) is 0 Å². The third-order valence-corrected chi connectivity index (χ3v) is 3.90. The fourth-order valence-corrected chi connectivity index (χ4v) is 2.87. The van der Waals surface area contributed by atoms with E-state index in [2.05, 4.69) is 29.1 Å². The minimum absolute atomic E-state index is 0.0581. The lowest BCUT2D eigenvalue weighted by molar-refractivity contribution is 0.0695. The van der Waals surface area contributed by atoms with Crippen molar-refractivity contribution in [2.75, 3.05) is 26.7 Å². The summed E-state index contributed by atoms with van der Waals surface area (Å²) >= 11 is 6.84. The molecule has 1 aliphatic heterocycles. The van der Waals surface area contributed by atoms with Crippen molar-refractivity contribution in [1.29, 1.82) is 0 Å². The van der Waals surface area contributed by atoms with Crippen molar-refractivity contribution in [3.63, 3.8) is 0 Å². The van der Waals surface area contributed by atoms with E-state index in [1.54, 1.807) is 0 Å². The molecule has 5 nitrogen and oxygen atoms in total. The first-order valence-corrected chi connectivity index (χ1v) is 6.76. The van der Waals surface area contributed by atoms with Gasteiger partial charge in [0.15, 0.2) is 0 Å². The first-order valence-electron chi connectivity index (χ1n) is 5.56. The Morgan fingerprint density at radius 3 is 2.88 bits per heavy atom. The zero-order valence-corrected chi connectivity index (χ0v) is 11.5. The molecule has 94 valence electrons. The summed E-state index contributed by atoms with van der Waals surface area (Å²) in [5.74, 6) is -0.0581. The number of carbonyl (C=O) groups is 1. The van der Waals surface area contributed by atoms with Gasteiger partial charge in [-0.05, 0) is 38.5 Å². The maximum Gasteiger partial charge on any atom is 0.285 e. The van der Waals surface area contributed by atoms with Crippen molar-refractivity contribution < 1.29 is 4.79 Å². The lowest BCUT2D eigenvalue weighted by Crippen LogP contribution is -2.41. The molecule has 1 atom stereocenters. The topological polar surface area (TPSA) is 49.3 Å². The molecule has 2 heterocycles. The molecular weight excluding hydrogens is 260 g/mol. The second-order valence-electron chi connectivity index (χ2n) is 4.32. The summed E-state index contributed by atoms with van der Waals surface area (Å²) < 4.78 is 0.313. The highest BCUT2D eigenvalue weighted by Gasteiger charge is 2.27. The fourth-order valence-electron chi connectivity index (χ4n) is 2.09. The van der Waals surface area contributed by atoms with Gasteiger partial charge in [0.05, 0.1) is 0 Å². The minimum Gasteiger partial charge on any atom is -0.332 e. The van der Waals surface area contributed by atoms with Crippen molar-refractivity contribution in [2.24, 2.45) is 0 Å². The molecule has 17 heavy (non-hydrogen) atoms. The Bertz CT molecular complexity index is 411. The molecular formula is C10H15ClN4OS. The van der Waals surface area contributed by atoms with Gasteiger partial charge in [-0.3, -0.25) is 4.79 Å². The van der Waals surface area contributed by atoms with Crippen LogP contribution in [0.15, 0.2) is 0 Å². The van der Waals surface area contributed by atoms with E-state index >= 15 is 0 Å². The van der Waals surface area contributed by atoms with E-state index < -0.39 is 0 Å². The van der Waals surface area contributed by atoms with Crippen molar-refractivity contribution in [2.45, 2.75) is 19.4 Å². The maximum absolute atomic E-state index is 12.2. The number of nitrogens with zero attached hydrogens (tertiary/aromatic N) is 4. The first kappa shape index (κ1) is 12.7. The Balaban J connectivity index is 2.12. The fraction of sp³-hybridized carbons (Fsp3) is 0.700. The molecule has 0 spiro atoms. The number of rotatable bonds is 1. The van der Waals surface area contributed by atoms with Crippen LogP contribution < -0.4 is 0 Å². The van der Waals surface area contributed by atoms with Crippen LogP contribution >= 0.6 is 22.9 Å². The standard InChI is InChI=1S/C10H15ClN4OS/c1-7-6-14(2)4-3-5-15(7)9(16)8-12-13-10(11)17-8/h7H,3-6H2,1-2H3. The highest BCUT2D eigenvalue weighted by molar-refractivity contribution is 7.17.